The molecule has 0 atom stereocenters. The number of carbonyl (C=O) groups excluding carboxylic acids is 1. The summed E-state index contributed by atoms with van der Waals surface area (Å²) < 4.78 is 0. The Bertz CT molecular complexity index is 1640. The van der Waals surface area contributed by atoms with Gasteiger partial charge in [0.05, 0.1) is 10.6 Å². The predicted octanol–water partition coefficient (Wildman–Crippen LogP) is 7.86. The summed E-state index contributed by atoms with van der Waals surface area (Å²) in [5.74, 6) is -0.539. The van der Waals surface area contributed by atoms with Crippen molar-refractivity contribution in [1.82, 2.24) is 15.2 Å². The largest absolute Gasteiger partial charge is 0.282 e. The van der Waals surface area contributed by atoms with Crippen LogP contribution in [0.4, 0.5) is 5.95 Å². The van der Waals surface area contributed by atoms with Crippen molar-refractivity contribution in [2.45, 2.75) is 0 Å². The van der Waals surface area contributed by atoms with Crippen LogP contribution < -0.4 is 5.01 Å². The van der Waals surface area contributed by atoms with Crippen LogP contribution in [-0.2, 0) is 0 Å². The van der Waals surface area contributed by atoms with Crippen molar-refractivity contribution in [2.24, 2.45) is 5.10 Å². The van der Waals surface area contributed by atoms with Crippen LogP contribution in [0.2, 0.25) is 10.0 Å². The molecule has 5 rings (SSSR count). The quantitative estimate of drug-likeness (QED) is 0.153. The standard InChI is InChI=1S/C31H21Cl2N5O/c32-25-18-19-26(27(33)21-25)30(39)38(34-20-10-13-22-11-4-1-5-12-22)31-35-28(23-14-6-2-7-15-23)29(36-37-31)24-16-8-3-9-17-24/h1-21H/b13-10-,34-20+. The highest BCUT2D eigenvalue weighted by molar-refractivity contribution is 6.37. The van der Waals surface area contributed by atoms with Crippen LogP contribution >= 0.6 is 23.2 Å². The molecule has 190 valence electrons. The number of halogens is 2. The van der Waals surface area contributed by atoms with E-state index in [0.29, 0.717) is 16.4 Å². The van der Waals surface area contributed by atoms with Gasteiger partial charge in [-0.25, -0.2) is 4.98 Å². The Morgan fingerprint density at radius 2 is 1.36 bits per heavy atom. The Morgan fingerprint density at radius 1 is 0.744 bits per heavy atom. The third kappa shape index (κ3) is 6.26. The lowest BCUT2D eigenvalue weighted by atomic mass is 10.0. The molecule has 1 aromatic heterocycles. The number of nitrogens with zero attached hydrogens (tertiary/aromatic N) is 5. The highest BCUT2D eigenvalue weighted by atomic mass is 35.5. The fourth-order valence-corrected chi connectivity index (χ4v) is 4.28. The first kappa shape index (κ1) is 26.0. The van der Waals surface area contributed by atoms with Crippen LogP contribution in [0.25, 0.3) is 28.6 Å². The molecule has 0 N–H and O–H groups in total. The minimum absolute atomic E-state index is 0.00564. The lowest BCUT2D eigenvalue weighted by Crippen LogP contribution is -2.28. The molecule has 5 aromatic rings. The fraction of sp³-hybridized carbons (Fsp3) is 0. The van der Waals surface area contributed by atoms with Crippen molar-refractivity contribution >= 4 is 47.3 Å². The van der Waals surface area contributed by atoms with E-state index in [1.54, 1.807) is 18.2 Å². The van der Waals surface area contributed by atoms with E-state index in [0.717, 1.165) is 21.7 Å². The van der Waals surface area contributed by atoms with Gasteiger partial charge in [-0.2, -0.15) is 10.1 Å². The number of aromatic nitrogens is 3. The Labute approximate surface area is 235 Å². The molecular weight excluding hydrogens is 529 g/mol. The van der Waals surface area contributed by atoms with E-state index in [1.165, 1.54) is 12.3 Å². The van der Waals surface area contributed by atoms with E-state index in [2.05, 4.69) is 15.3 Å². The lowest BCUT2D eigenvalue weighted by molar-refractivity contribution is 0.0986. The van der Waals surface area contributed by atoms with E-state index in [9.17, 15) is 4.79 Å². The van der Waals surface area contributed by atoms with Crippen LogP contribution in [0, 0.1) is 0 Å². The second kappa shape index (κ2) is 12.3. The number of rotatable bonds is 7. The fourth-order valence-electron chi connectivity index (χ4n) is 3.79. The molecule has 0 saturated carbocycles. The van der Waals surface area contributed by atoms with Gasteiger partial charge in [-0.15, -0.1) is 10.2 Å². The minimum Gasteiger partial charge on any atom is -0.267 e. The zero-order valence-corrected chi connectivity index (χ0v) is 22.0. The van der Waals surface area contributed by atoms with E-state index in [4.69, 9.17) is 28.2 Å². The first-order valence-corrected chi connectivity index (χ1v) is 12.8. The second-order valence-electron chi connectivity index (χ2n) is 8.32. The summed E-state index contributed by atoms with van der Waals surface area (Å²) in [6.45, 7) is 0. The predicted molar refractivity (Wildman–Crippen MR) is 158 cm³/mol. The van der Waals surface area contributed by atoms with E-state index in [1.807, 2.05) is 97.1 Å². The third-order valence-corrected chi connectivity index (χ3v) is 6.22. The summed E-state index contributed by atoms with van der Waals surface area (Å²) in [6, 6.07) is 33.6. The maximum atomic E-state index is 13.7. The molecule has 0 aliphatic rings. The van der Waals surface area contributed by atoms with Crippen LogP contribution in [0.1, 0.15) is 15.9 Å². The maximum absolute atomic E-state index is 13.7. The summed E-state index contributed by atoms with van der Waals surface area (Å²) in [5, 5.41) is 14.9. The third-order valence-electron chi connectivity index (χ3n) is 5.67. The van der Waals surface area contributed by atoms with E-state index < -0.39 is 5.91 Å². The Balaban J connectivity index is 1.60. The average molecular weight is 550 g/mol. The van der Waals surface area contributed by atoms with Gasteiger partial charge in [0.25, 0.3) is 11.9 Å². The maximum Gasteiger partial charge on any atom is 0.282 e. The molecule has 8 heteroatoms. The van der Waals surface area contributed by atoms with Crippen LogP contribution in [-0.4, -0.2) is 27.3 Å². The average Bonchev–Trinajstić information content (AvgIpc) is 2.98. The van der Waals surface area contributed by atoms with E-state index in [-0.39, 0.29) is 16.5 Å². The van der Waals surface area contributed by atoms with Gasteiger partial charge in [0.2, 0.25) is 0 Å². The van der Waals surface area contributed by atoms with Gasteiger partial charge in [0, 0.05) is 22.4 Å². The summed E-state index contributed by atoms with van der Waals surface area (Å²) in [6.07, 6.45) is 5.09. The Morgan fingerprint density at radius 3 is 2.00 bits per heavy atom. The van der Waals surface area contributed by atoms with Gasteiger partial charge < -0.3 is 0 Å². The van der Waals surface area contributed by atoms with Crippen molar-refractivity contribution in [3.05, 3.63) is 136 Å². The molecule has 0 aliphatic carbocycles. The van der Waals surface area contributed by atoms with Crippen molar-refractivity contribution in [1.29, 1.82) is 0 Å². The molecule has 6 nitrogen and oxygen atoms in total. The molecule has 0 fully saturated rings. The lowest BCUT2D eigenvalue weighted by Gasteiger charge is -2.17. The highest BCUT2D eigenvalue weighted by Crippen LogP contribution is 2.30. The smallest absolute Gasteiger partial charge is 0.267 e. The number of carbonyl (C=O) groups is 1. The minimum atomic E-state index is -0.533. The topological polar surface area (TPSA) is 71.3 Å². The molecule has 0 aliphatic heterocycles. The number of benzene rings is 4. The molecule has 39 heavy (non-hydrogen) atoms. The number of allylic oxidation sites excluding steroid dienone is 1. The monoisotopic (exact) mass is 549 g/mol. The molecule has 0 radical (unpaired) electrons. The van der Waals surface area contributed by atoms with Crippen molar-refractivity contribution < 1.29 is 4.79 Å². The first-order chi connectivity index (χ1) is 19.1. The molecule has 0 spiro atoms. The normalized spacial score (nSPS) is 11.2. The van der Waals surface area contributed by atoms with Gasteiger partial charge >= 0.3 is 0 Å². The highest BCUT2D eigenvalue weighted by Gasteiger charge is 2.24. The summed E-state index contributed by atoms with van der Waals surface area (Å²) in [7, 11) is 0. The zero-order valence-electron chi connectivity index (χ0n) is 20.5. The molecule has 0 unspecified atom stereocenters. The second-order valence-corrected chi connectivity index (χ2v) is 9.16. The SMILES string of the molecule is O=C(c1ccc(Cl)cc1Cl)N(/N=C/C=C\c1ccccc1)c1nnc(-c2ccccc2)c(-c2ccccc2)n1. The van der Waals surface area contributed by atoms with Crippen LogP contribution in [0.5, 0.6) is 0 Å². The number of hydrogen-bond acceptors (Lipinski definition) is 5. The molecule has 1 amide bonds. The van der Waals surface area contributed by atoms with E-state index >= 15 is 0 Å². The molecule has 4 aromatic carbocycles. The van der Waals surface area contributed by atoms with Crippen LogP contribution in [0.3, 0.4) is 0 Å². The van der Waals surface area contributed by atoms with Crippen molar-refractivity contribution in [3.8, 4) is 22.5 Å². The first-order valence-electron chi connectivity index (χ1n) is 12.0. The van der Waals surface area contributed by atoms with Gasteiger partial charge in [-0.05, 0) is 29.8 Å². The summed E-state index contributed by atoms with van der Waals surface area (Å²) >= 11 is 12.4. The number of amides is 1. The van der Waals surface area contributed by atoms with Crippen LogP contribution in [0.15, 0.2) is 120 Å². The van der Waals surface area contributed by atoms with Gasteiger partial charge in [0.15, 0.2) is 0 Å². The van der Waals surface area contributed by atoms with Crippen molar-refractivity contribution in [3.63, 3.8) is 0 Å². The van der Waals surface area contributed by atoms with Gasteiger partial charge in [-0.1, -0.05) is 120 Å². The molecule has 0 bridgehead atoms. The number of anilines is 1. The summed E-state index contributed by atoms with van der Waals surface area (Å²) in [4.78, 5) is 18.5. The van der Waals surface area contributed by atoms with Gasteiger partial charge in [-0.3, -0.25) is 4.79 Å². The Hall–Kier alpha value is -4.65. The van der Waals surface area contributed by atoms with Gasteiger partial charge in [0.1, 0.15) is 11.4 Å². The zero-order chi connectivity index (χ0) is 27.0. The Kier molecular flexibility index (Phi) is 8.17. The molecular formula is C31H21Cl2N5O. The summed E-state index contributed by atoms with van der Waals surface area (Å²) in [5.41, 5.74) is 3.98. The number of hydrogen-bond donors (Lipinski definition) is 0. The number of hydrazone groups is 1. The molecule has 1 heterocycles. The molecule has 0 saturated heterocycles. The van der Waals surface area contributed by atoms with Crippen molar-refractivity contribution in [2.75, 3.05) is 5.01 Å².